The van der Waals surface area contributed by atoms with Crippen LogP contribution in [0.1, 0.15) is 39.0 Å². The van der Waals surface area contributed by atoms with Crippen LogP contribution in [0.2, 0.25) is 0 Å². The van der Waals surface area contributed by atoms with Gasteiger partial charge in [-0.2, -0.15) is 0 Å². The van der Waals surface area contributed by atoms with Crippen LogP contribution in [0.5, 0.6) is 0 Å². The number of ether oxygens (including phenoxy) is 3. The van der Waals surface area contributed by atoms with Crippen LogP contribution in [-0.4, -0.2) is 31.3 Å². The lowest BCUT2D eigenvalue weighted by Crippen LogP contribution is -2.45. The van der Waals surface area contributed by atoms with Crippen molar-refractivity contribution in [2.24, 2.45) is 23.0 Å². The number of fused-ring (bicyclic) bond motifs is 4. The Kier molecular flexibility index (Phi) is 2.54. The van der Waals surface area contributed by atoms with Gasteiger partial charge in [0.25, 0.3) is 6.48 Å². The Morgan fingerprint density at radius 3 is 2.50 bits per heavy atom. The summed E-state index contributed by atoms with van der Waals surface area (Å²) in [6, 6.07) is 0.375. The van der Waals surface area contributed by atoms with Crippen LogP contribution in [0, 0.1) is 17.3 Å². The fourth-order valence-electron chi connectivity index (χ4n) is 5.11. The molecular formula is C14H23NO3. The first kappa shape index (κ1) is 11.6. The Balaban J connectivity index is 1.50. The van der Waals surface area contributed by atoms with E-state index in [4.69, 9.17) is 19.9 Å². The lowest BCUT2D eigenvalue weighted by atomic mass is 9.69. The van der Waals surface area contributed by atoms with Gasteiger partial charge < -0.3 is 19.9 Å². The van der Waals surface area contributed by atoms with Crippen LogP contribution in [-0.2, 0) is 14.2 Å². The summed E-state index contributed by atoms with van der Waals surface area (Å²) in [6.45, 7) is 2.17. The number of rotatable bonds is 2. The second-order valence-corrected chi connectivity index (χ2v) is 6.53. The van der Waals surface area contributed by atoms with Gasteiger partial charge in [0.15, 0.2) is 0 Å². The van der Waals surface area contributed by atoms with Crippen molar-refractivity contribution in [1.29, 1.82) is 0 Å². The van der Waals surface area contributed by atoms with Crippen LogP contribution in [0.3, 0.4) is 0 Å². The van der Waals surface area contributed by atoms with Gasteiger partial charge in [-0.3, -0.25) is 0 Å². The first-order chi connectivity index (χ1) is 8.73. The van der Waals surface area contributed by atoms with Gasteiger partial charge in [-0.25, -0.2) is 0 Å². The number of nitrogens with two attached hydrogens (primary N) is 1. The lowest BCUT2D eigenvalue weighted by Gasteiger charge is -2.40. The molecule has 1 saturated heterocycles. The van der Waals surface area contributed by atoms with Crippen LogP contribution >= 0.6 is 0 Å². The van der Waals surface area contributed by atoms with Crippen molar-refractivity contribution in [2.45, 2.75) is 63.8 Å². The second kappa shape index (κ2) is 3.92. The van der Waals surface area contributed by atoms with E-state index in [2.05, 4.69) is 0 Å². The largest absolute Gasteiger partial charge is 0.330 e. The van der Waals surface area contributed by atoms with E-state index >= 15 is 0 Å². The van der Waals surface area contributed by atoms with Gasteiger partial charge in [-0.15, -0.1) is 0 Å². The first-order valence-electron chi connectivity index (χ1n) is 7.41. The quantitative estimate of drug-likeness (QED) is 0.812. The molecule has 3 unspecified atom stereocenters. The molecule has 2 N–H and O–H groups in total. The molecule has 0 aromatic carbocycles. The minimum Gasteiger partial charge on any atom is -0.330 e. The average Bonchev–Trinajstić information content (AvgIpc) is 3.02. The standard InChI is InChI=1S/C14H23NO3/c1-2-16-13-17-10-6-14(7-11(10)18-13)9-4-3-8(5-9)12(14)15/h8-13H,2-7,15H2,1H3/t8-,9+,10-,11?,12+,13?,14?/m0/s1. The van der Waals surface area contributed by atoms with Crippen LogP contribution in [0.15, 0.2) is 0 Å². The second-order valence-electron chi connectivity index (χ2n) is 6.53. The maximum absolute atomic E-state index is 6.51. The predicted molar refractivity (Wildman–Crippen MR) is 65.6 cm³/mol. The smallest absolute Gasteiger partial charge is 0.272 e. The first-order valence-corrected chi connectivity index (χ1v) is 7.41. The van der Waals surface area contributed by atoms with E-state index in [9.17, 15) is 0 Å². The molecule has 4 fully saturated rings. The Morgan fingerprint density at radius 1 is 1.22 bits per heavy atom. The molecular weight excluding hydrogens is 230 g/mol. The van der Waals surface area contributed by atoms with E-state index in [0.717, 1.165) is 24.7 Å². The van der Waals surface area contributed by atoms with Gasteiger partial charge >= 0.3 is 0 Å². The monoisotopic (exact) mass is 253 g/mol. The molecule has 1 aliphatic heterocycles. The maximum Gasteiger partial charge on any atom is 0.272 e. The molecule has 0 aromatic heterocycles. The predicted octanol–water partition coefficient (Wildman–Crippen LogP) is 1.63. The highest BCUT2D eigenvalue weighted by Gasteiger charge is 2.63. The van der Waals surface area contributed by atoms with Crippen molar-refractivity contribution in [3.8, 4) is 0 Å². The third-order valence-electron chi connectivity index (χ3n) is 5.91. The van der Waals surface area contributed by atoms with Crippen molar-refractivity contribution in [3.63, 3.8) is 0 Å². The normalized spacial score (nSPS) is 57.7. The van der Waals surface area contributed by atoms with Gasteiger partial charge in [0.05, 0.1) is 12.2 Å². The fourth-order valence-corrected chi connectivity index (χ4v) is 5.11. The Bertz CT molecular complexity index is 330. The molecule has 4 heteroatoms. The van der Waals surface area contributed by atoms with E-state index in [1.165, 1.54) is 19.3 Å². The zero-order valence-electron chi connectivity index (χ0n) is 11.0. The van der Waals surface area contributed by atoms with Crippen molar-refractivity contribution in [2.75, 3.05) is 6.61 Å². The van der Waals surface area contributed by atoms with Crippen molar-refractivity contribution >= 4 is 0 Å². The summed E-state index contributed by atoms with van der Waals surface area (Å²) >= 11 is 0. The Labute approximate surface area is 108 Å². The minimum absolute atomic E-state index is 0.215. The average molecular weight is 253 g/mol. The third kappa shape index (κ3) is 1.40. The summed E-state index contributed by atoms with van der Waals surface area (Å²) in [5.74, 6) is 1.58. The zero-order valence-corrected chi connectivity index (χ0v) is 11.0. The van der Waals surface area contributed by atoms with Gasteiger partial charge in [-0.05, 0) is 56.3 Å². The molecule has 102 valence electrons. The molecule has 1 spiro atoms. The molecule has 7 atom stereocenters. The minimum atomic E-state index is -0.433. The van der Waals surface area contributed by atoms with Crippen molar-refractivity contribution < 1.29 is 14.2 Å². The molecule has 0 aromatic rings. The van der Waals surface area contributed by atoms with Crippen molar-refractivity contribution in [1.82, 2.24) is 0 Å². The molecule has 3 aliphatic carbocycles. The molecule has 18 heavy (non-hydrogen) atoms. The molecule has 3 saturated carbocycles. The highest BCUT2D eigenvalue weighted by atomic mass is 16.9. The SMILES string of the molecule is CCOC1OC2CC3(C[C@@H]2O1)[C@@H]1CC[C@@H](C1)[C@H]3N. The Morgan fingerprint density at radius 2 is 1.94 bits per heavy atom. The molecule has 4 rings (SSSR count). The molecule has 4 nitrogen and oxygen atoms in total. The molecule has 2 bridgehead atoms. The summed E-state index contributed by atoms with van der Waals surface area (Å²) in [7, 11) is 0. The topological polar surface area (TPSA) is 53.7 Å². The van der Waals surface area contributed by atoms with Crippen molar-refractivity contribution in [3.05, 3.63) is 0 Å². The van der Waals surface area contributed by atoms with Gasteiger partial charge in [0, 0.05) is 12.6 Å². The third-order valence-corrected chi connectivity index (χ3v) is 5.91. The maximum atomic E-state index is 6.51. The summed E-state index contributed by atoms with van der Waals surface area (Å²) in [5.41, 5.74) is 6.83. The summed E-state index contributed by atoms with van der Waals surface area (Å²) < 4.78 is 17.1. The number of hydrogen-bond acceptors (Lipinski definition) is 4. The summed E-state index contributed by atoms with van der Waals surface area (Å²) in [4.78, 5) is 0. The van der Waals surface area contributed by atoms with Crippen LogP contribution in [0.4, 0.5) is 0 Å². The van der Waals surface area contributed by atoms with Gasteiger partial charge in [0.2, 0.25) is 0 Å². The fraction of sp³-hybridized carbons (Fsp3) is 1.00. The van der Waals surface area contributed by atoms with E-state index in [-0.39, 0.29) is 12.2 Å². The Hall–Kier alpha value is -0.160. The highest BCUT2D eigenvalue weighted by Crippen LogP contribution is 2.63. The molecule has 0 radical (unpaired) electrons. The highest BCUT2D eigenvalue weighted by molar-refractivity contribution is 5.14. The molecule has 0 amide bonds. The molecule has 4 aliphatic rings. The van der Waals surface area contributed by atoms with E-state index in [0.29, 0.717) is 18.1 Å². The lowest BCUT2D eigenvalue weighted by molar-refractivity contribution is -0.247. The van der Waals surface area contributed by atoms with E-state index in [1.807, 2.05) is 6.92 Å². The van der Waals surface area contributed by atoms with Gasteiger partial charge in [-0.1, -0.05) is 0 Å². The van der Waals surface area contributed by atoms with Crippen LogP contribution in [0.25, 0.3) is 0 Å². The van der Waals surface area contributed by atoms with Gasteiger partial charge in [0.1, 0.15) is 0 Å². The summed E-state index contributed by atoms with van der Waals surface area (Å²) in [5, 5.41) is 0. The number of hydrogen-bond donors (Lipinski definition) is 1. The van der Waals surface area contributed by atoms with Crippen LogP contribution < -0.4 is 5.73 Å². The van der Waals surface area contributed by atoms with E-state index in [1.54, 1.807) is 0 Å². The van der Waals surface area contributed by atoms with E-state index < -0.39 is 6.48 Å². The molecule has 1 heterocycles. The zero-order chi connectivity index (χ0) is 12.3. The summed E-state index contributed by atoms with van der Waals surface area (Å²) in [6.07, 6.45) is 6.65.